The highest BCUT2D eigenvalue weighted by Gasteiger charge is 2.32. The number of amides is 4. The van der Waals surface area contributed by atoms with E-state index < -0.39 is 17.6 Å². The molecular formula is C32H41N7O5. The topological polar surface area (TPSA) is 152 Å². The zero-order valence-corrected chi connectivity index (χ0v) is 25.2. The van der Waals surface area contributed by atoms with E-state index in [1.807, 2.05) is 48.7 Å². The molecule has 4 amide bonds. The Balaban J connectivity index is 1.09. The van der Waals surface area contributed by atoms with Gasteiger partial charge < -0.3 is 35.6 Å². The number of piperidine rings is 1. The molecule has 0 radical (unpaired) electrons. The summed E-state index contributed by atoms with van der Waals surface area (Å²) in [5.74, 6) is -0.101. The molecule has 2 aliphatic rings. The van der Waals surface area contributed by atoms with E-state index in [0.29, 0.717) is 38.3 Å². The highest BCUT2D eigenvalue weighted by molar-refractivity contribution is 5.89. The number of carbonyl (C=O) groups excluding carboxylic acids is 3. The summed E-state index contributed by atoms with van der Waals surface area (Å²) in [5.41, 5.74) is 2.80. The monoisotopic (exact) mass is 603 g/mol. The van der Waals surface area contributed by atoms with Gasteiger partial charge in [0, 0.05) is 62.3 Å². The highest BCUT2D eigenvalue weighted by Crippen LogP contribution is 2.27. The van der Waals surface area contributed by atoms with Crippen LogP contribution in [0.25, 0.3) is 11.1 Å². The number of β-amino-alcohol motifs (C(OH)–C–C–N with tert-alkyl or cyclic N) is 1. The second-order valence-electron chi connectivity index (χ2n) is 11.9. The predicted octanol–water partition coefficient (Wildman–Crippen LogP) is 2.41. The number of aliphatic hydroxyl groups is 1. The number of anilines is 1. The summed E-state index contributed by atoms with van der Waals surface area (Å²) in [6.07, 6.45) is 5.45. The van der Waals surface area contributed by atoms with E-state index in [0.717, 1.165) is 41.8 Å². The fraction of sp³-hybridized carbons (Fsp3) is 0.438. The van der Waals surface area contributed by atoms with Gasteiger partial charge in [-0.3, -0.25) is 14.7 Å². The van der Waals surface area contributed by atoms with Gasteiger partial charge in [-0.15, -0.1) is 0 Å². The number of hydrogen-bond acceptors (Lipinski definition) is 7. The Morgan fingerprint density at radius 2 is 1.86 bits per heavy atom. The molecule has 12 nitrogen and oxygen atoms in total. The zero-order valence-electron chi connectivity index (χ0n) is 25.2. The molecule has 0 unspecified atom stereocenters. The van der Waals surface area contributed by atoms with Gasteiger partial charge in [0.05, 0.1) is 18.8 Å². The quantitative estimate of drug-likeness (QED) is 0.239. The van der Waals surface area contributed by atoms with Crippen LogP contribution in [0.3, 0.4) is 0 Å². The number of nitrogens with zero attached hydrogens (tertiary/aromatic N) is 3. The maximum atomic E-state index is 12.9. The average molecular weight is 604 g/mol. The van der Waals surface area contributed by atoms with Crippen molar-refractivity contribution in [3.05, 3.63) is 66.5 Å². The van der Waals surface area contributed by atoms with Gasteiger partial charge in [-0.25, -0.2) is 4.79 Å². The number of H-pyrrole nitrogens is 1. The Labute approximate surface area is 257 Å². The number of ether oxygens (including phenoxy) is 1. The average Bonchev–Trinajstić information content (AvgIpc) is 3.71. The standard InChI is InChI=1S/C32H41N7O5/c1-32(2,30(42)33-19-29(41)39-14-12-27(40)21-39)44-28-7-3-6-26(15-28)38-13-4-5-25(20-38)37-31(43)34-16-22-8-10-23(11-9-22)24-17-35-36-18-24/h3,6-11,15,17-18,25,27,40H,4-5,12-14,16,19-21H2,1-2H3,(H,33,42)(H,35,36)(H2,34,37,43)/t25-,27+/m0/s1. The van der Waals surface area contributed by atoms with Crippen LogP contribution in [0.2, 0.25) is 0 Å². The van der Waals surface area contributed by atoms with Crippen LogP contribution >= 0.6 is 0 Å². The number of likely N-dealkylation sites (tertiary alicyclic amines) is 1. The third kappa shape index (κ3) is 8.07. The fourth-order valence-corrected chi connectivity index (χ4v) is 5.51. The van der Waals surface area contributed by atoms with Crippen molar-refractivity contribution in [3.63, 3.8) is 0 Å². The van der Waals surface area contributed by atoms with Crippen LogP contribution in [0.1, 0.15) is 38.7 Å². The van der Waals surface area contributed by atoms with Crippen molar-refractivity contribution in [2.75, 3.05) is 37.6 Å². The molecule has 0 aliphatic carbocycles. The van der Waals surface area contributed by atoms with Crippen molar-refractivity contribution in [3.8, 4) is 16.9 Å². The summed E-state index contributed by atoms with van der Waals surface area (Å²) >= 11 is 0. The van der Waals surface area contributed by atoms with E-state index in [4.69, 9.17) is 4.74 Å². The first-order valence-corrected chi connectivity index (χ1v) is 15.1. The smallest absolute Gasteiger partial charge is 0.315 e. The molecule has 12 heteroatoms. The van der Waals surface area contributed by atoms with Crippen LogP contribution in [0.5, 0.6) is 5.75 Å². The van der Waals surface area contributed by atoms with Crippen molar-refractivity contribution in [2.45, 2.75) is 57.4 Å². The third-order valence-electron chi connectivity index (χ3n) is 8.01. The van der Waals surface area contributed by atoms with Gasteiger partial charge in [-0.05, 0) is 56.4 Å². The number of aromatic nitrogens is 2. The molecule has 3 aromatic rings. The third-order valence-corrected chi connectivity index (χ3v) is 8.01. The molecule has 2 fully saturated rings. The van der Waals surface area contributed by atoms with Gasteiger partial charge in [-0.1, -0.05) is 30.3 Å². The summed E-state index contributed by atoms with van der Waals surface area (Å²) < 4.78 is 6.08. The molecule has 44 heavy (non-hydrogen) atoms. The van der Waals surface area contributed by atoms with E-state index in [-0.39, 0.29) is 24.5 Å². The Morgan fingerprint density at radius 3 is 2.59 bits per heavy atom. The zero-order chi connectivity index (χ0) is 31.1. The predicted molar refractivity (Wildman–Crippen MR) is 166 cm³/mol. The molecule has 2 atom stereocenters. The van der Waals surface area contributed by atoms with Gasteiger partial charge in [0.15, 0.2) is 5.60 Å². The maximum Gasteiger partial charge on any atom is 0.315 e. The summed E-state index contributed by atoms with van der Waals surface area (Å²) in [7, 11) is 0. The lowest BCUT2D eigenvalue weighted by molar-refractivity contribution is -0.138. The molecule has 2 aromatic carbocycles. The molecule has 234 valence electrons. The lowest BCUT2D eigenvalue weighted by Crippen LogP contribution is -2.50. The first kappa shape index (κ1) is 30.9. The SMILES string of the molecule is CC(C)(Oc1cccc(N2CCC[C@H](NC(=O)NCc3ccc(-c4cn[nH]c4)cc3)C2)c1)C(=O)NCC(=O)N1CC[C@@H](O)C1. The Hall–Kier alpha value is -4.58. The summed E-state index contributed by atoms with van der Waals surface area (Å²) in [6, 6.07) is 15.3. The van der Waals surface area contributed by atoms with E-state index in [1.54, 1.807) is 31.0 Å². The number of urea groups is 1. The van der Waals surface area contributed by atoms with Gasteiger partial charge in [-0.2, -0.15) is 5.10 Å². The van der Waals surface area contributed by atoms with Crippen molar-refractivity contribution in [1.82, 2.24) is 31.0 Å². The molecule has 5 rings (SSSR count). The minimum atomic E-state index is -1.22. The van der Waals surface area contributed by atoms with Crippen molar-refractivity contribution in [1.29, 1.82) is 0 Å². The molecule has 2 saturated heterocycles. The normalized spacial score (nSPS) is 18.5. The molecule has 2 aliphatic heterocycles. The Kier molecular flexibility index (Phi) is 9.69. The summed E-state index contributed by atoms with van der Waals surface area (Å²) in [4.78, 5) is 41.7. The summed E-state index contributed by atoms with van der Waals surface area (Å²) in [6.45, 7) is 5.86. The van der Waals surface area contributed by atoms with Crippen LogP contribution in [-0.2, 0) is 16.1 Å². The molecule has 3 heterocycles. The van der Waals surface area contributed by atoms with Crippen LogP contribution in [-0.4, -0.2) is 88.5 Å². The van der Waals surface area contributed by atoms with Crippen LogP contribution in [0, 0.1) is 0 Å². The molecule has 0 bridgehead atoms. The number of rotatable bonds is 10. The largest absolute Gasteiger partial charge is 0.478 e. The molecular weight excluding hydrogens is 562 g/mol. The first-order valence-electron chi connectivity index (χ1n) is 15.1. The Morgan fingerprint density at radius 1 is 1.05 bits per heavy atom. The number of carbonyl (C=O) groups is 3. The molecule has 5 N–H and O–H groups in total. The van der Waals surface area contributed by atoms with Crippen LogP contribution in [0.15, 0.2) is 60.9 Å². The van der Waals surface area contributed by atoms with Crippen molar-refractivity contribution in [2.24, 2.45) is 0 Å². The van der Waals surface area contributed by atoms with Gasteiger partial charge >= 0.3 is 6.03 Å². The van der Waals surface area contributed by atoms with Gasteiger partial charge in [0.25, 0.3) is 5.91 Å². The minimum absolute atomic E-state index is 0.0201. The minimum Gasteiger partial charge on any atom is -0.478 e. The van der Waals surface area contributed by atoms with Crippen LogP contribution < -0.4 is 25.6 Å². The second-order valence-corrected chi connectivity index (χ2v) is 11.9. The van der Waals surface area contributed by atoms with Gasteiger partial charge in [0.2, 0.25) is 5.91 Å². The summed E-state index contributed by atoms with van der Waals surface area (Å²) in [5, 5.41) is 25.2. The number of aromatic amines is 1. The van der Waals surface area contributed by atoms with E-state index in [9.17, 15) is 19.5 Å². The highest BCUT2D eigenvalue weighted by atomic mass is 16.5. The van der Waals surface area contributed by atoms with E-state index >= 15 is 0 Å². The van der Waals surface area contributed by atoms with E-state index in [1.165, 1.54) is 0 Å². The number of aliphatic hydroxyl groups excluding tert-OH is 1. The van der Waals surface area contributed by atoms with Gasteiger partial charge in [0.1, 0.15) is 5.75 Å². The van der Waals surface area contributed by atoms with Crippen molar-refractivity contribution >= 4 is 23.5 Å². The van der Waals surface area contributed by atoms with Crippen LogP contribution in [0.4, 0.5) is 10.5 Å². The molecule has 0 spiro atoms. The number of nitrogens with one attached hydrogen (secondary N) is 4. The lowest BCUT2D eigenvalue weighted by atomic mass is 10.0. The van der Waals surface area contributed by atoms with E-state index in [2.05, 4.69) is 31.0 Å². The fourth-order valence-electron chi connectivity index (χ4n) is 5.51. The number of hydrogen-bond donors (Lipinski definition) is 5. The first-order chi connectivity index (χ1) is 21.2. The molecule has 0 saturated carbocycles. The van der Waals surface area contributed by atoms with Crippen molar-refractivity contribution < 1.29 is 24.2 Å². The second kappa shape index (κ2) is 13.8. The lowest BCUT2D eigenvalue weighted by Gasteiger charge is -2.35. The number of benzene rings is 2. The molecule has 1 aromatic heterocycles. The maximum absolute atomic E-state index is 12.9. The Bertz CT molecular complexity index is 1430.